The molecule has 4 rings (SSSR count). The van der Waals surface area contributed by atoms with Crippen molar-refractivity contribution in [1.82, 2.24) is 9.55 Å². The van der Waals surface area contributed by atoms with Crippen LogP contribution in [0.1, 0.15) is 47.8 Å². The Morgan fingerprint density at radius 2 is 2.10 bits per heavy atom. The summed E-state index contributed by atoms with van der Waals surface area (Å²) in [5.74, 6) is 0.287. The Bertz CT molecular complexity index is 953. The van der Waals surface area contributed by atoms with Gasteiger partial charge in [0.1, 0.15) is 22.9 Å². The van der Waals surface area contributed by atoms with E-state index in [4.69, 9.17) is 11.6 Å². The molecule has 1 aromatic carbocycles. The Balaban J connectivity index is 1.49. The maximum Gasteiger partial charge on any atom is 0.274 e. The van der Waals surface area contributed by atoms with Gasteiger partial charge >= 0.3 is 0 Å². The van der Waals surface area contributed by atoms with Crippen molar-refractivity contribution in [2.75, 3.05) is 17.3 Å². The number of carbonyl (C=O) groups excluding carboxylic acids is 1. The molecule has 3 unspecified atom stereocenters. The van der Waals surface area contributed by atoms with Gasteiger partial charge in [0, 0.05) is 18.7 Å². The maximum absolute atomic E-state index is 13.4. The minimum absolute atomic E-state index is 0.0536. The molecule has 0 aliphatic heterocycles. The summed E-state index contributed by atoms with van der Waals surface area (Å²) in [6.45, 7) is 0. The van der Waals surface area contributed by atoms with E-state index < -0.39 is 22.6 Å². The van der Waals surface area contributed by atoms with Crippen LogP contribution in [0.25, 0.3) is 0 Å². The number of nitrogens with zero attached hydrogens (tertiary/aromatic N) is 2. The molecule has 0 spiro atoms. The lowest BCUT2D eigenvalue weighted by atomic mass is 9.93. The van der Waals surface area contributed by atoms with Gasteiger partial charge in [-0.1, -0.05) is 22.8 Å². The van der Waals surface area contributed by atoms with Crippen molar-refractivity contribution in [3.05, 3.63) is 46.8 Å². The van der Waals surface area contributed by atoms with Gasteiger partial charge in [-0.05, 0) is 55.7 Å². The molecule has 2 aromatic rings. The van der Waals surface area contributed by atoms with Crippen molar-refractivity contribution in [1.29, 1.82) is 0 Å². The molecule has 1 amide bonds. The fourth-order valence-electron chi connectivity index (χ4n) is 5.28. The third-order valence-corrected chi connectivity index (χ3v) is 7.58. The van der Waals surface area contributed by atoms with Gasteiger partial charge in [-0.25, -0.2) is 9.37 Å². The number of aromatic nitrogens is 2. The summed E-state index contributed by atoms with van der Waals surface area (Å²) in [4.78, 5) is 17.5. The third kappa shape index (κ3) is 4.23. The highest BCUT2D eigenvalue weighted by atomic mass is 35.5. The van der Waals surface area contributed by atoms with Crippen LogP contribution in [0.15, 0.2) is 24.5 Å². The van der Waals surface area contributed by atoms with Gasteiger partial charge in [-0.3, -0.25) is 4.79 Å². The normalized spacial score (nSPS) is 29.1. The van der Waals surface area contributed by atoms with Crippen LogP contribution in [-0.4, -0.2) is 42.7 Å². The number of nitrogens with one attached hydrogen (secondary N) is 1. The van der Waals surface area contributed by atoms with Crippen molar-refractivity contribution in [3.63, 3.8) is 0 Å². The van der Waals surface area contributed by atoms with Crippen molar-refractivity contribution in [2.45, 2.75) is 37.2 Å². The highest BCUT2D eigenvalue weighted by molar-refractivity contribution is 7.90. The molecule has 0 saturated heterocycles. The molecule has 0 radical (unpaired) electrons. The zero-order valence-corrected chi connectivity index (χ0v) is 18.5. The molecule has 0 bridgehead atoms. The highest BCUT2D eigenvalue weighted by Gasteiger charge is 2.51. The summed E-state index contributed by atoms with van der Waals surface area (Å²) in [5, 5.41) is 13.5. The van der Waals surface area contributed by atoms with E-state index >= 15 is 0 Å². The first kappa shape index (κ1) is 21.6. The van der Waals surface area contributed by atoms with Gasteiger partial charge in [0.25, 0.3) is 5.91 Å². The van der Waals surface area contributed by atoms with Gasteiger partial charge in [0.2, 0.25) is 0 Å². The first-order valence-corrected chi connectivity index (χ1v) is 12.1. The first-order valence-electron chi connectivity index (χ1n) is 9.95. The molecule has 1 heterocycles. The molecule has 9 heteroatoms. The fraction of sp³-hybridized carbons (Fsp3) is 0.524. The molecule has 3 atom stereocenters. The average molecular weight is 454 g/mol. The minimum Gasteiger partial charge on any atom is -0.616 e. The standard InChI is InChI=1S/C21H25ClFN3O3S/c1-26-11-24-18(19(26)20(27)25-15-3-4-17(23)16(22)7-15)12-5-13-8-21(28,10-30(2)29)9-14(13)6-12/h3-4,7,11-14,28H,5-6,8-10H2,1-2H3,(H,25,27). The van der Waals surface area contributed by atoms with E-state index in [9.17, 15) is 18.8 Å². The first-order chi connectivity index (χ1) is 14.1. The van der Waals surface area contributed by atoms with Crippen LogP contribution < -0.4 is 5.32 Å². The largest absolute Gasteiger partial charge is 0.616 e. The average Bonchev–Trinajstić information content (AvgIpc) is 3.28. The number of hydrogen-bond donors (Lipinski definition) is 2. The molecule has 162 valence electrons. The second-order valence-corrected chi connectivity index (χ2v) is 10.6. The number of benzene rings is 1. The molecular weight excluding hydrogens is 429 g/mol. The number of anilines is 1. The molecule has 2 saturated carbocycles. The van der Waals surface area contributed by atoms with Crippen LogP contribution >= 0.6 is 11.6 Å². The van der Waals surface area contributed by atoms with Crippen molar-refractivity contribution in [2.24, 2.45) is 18.9 Å². The van der Waals surface area contributed by atoms with Crippen LogP contribution in [0.3, 0.4) is 0 Å². The molecule has 30 heavy (non-hydrogen) atoms. The fourth-order valence-corrected chi connectivity index (χ4v) is 6.45. The lowest BCUT2D eigenvalue weighted by Gasteiger charge is -2.24. The Labute approximate surface area is 183 Å². The molecule has 2 aliphatic carbocycles. The topological polar surface area (TPSA) is 90.2 Å². The molecule has 2 fully saturated rings. The number of aliphatic hydroxyl groups is 1. The number of carbonyl (C=O) groups is 1. The second kappa shape index (κ2) is 8.15. The molecule has 2 aliphatic rings. The van der Waals surface area contributed by atoms with E-state index in [0.29, 0.717) is 41.8 Å². The summed E-state index contributed by atoms with van der Waals surface area (Å²) in [6, 6.07) is 4.06. The van der Waals surface area contributed by atoms with Crippen molar-refractivity contribution in [3.8, 4) is 0 Å². The van der Waals surface area contributed by atoms with E-state index in [-0.39, 0.29) is 16.8 Å². The summed E-state index contributed by atoms with van der Waals surface area (Å²) in [6.07, 6.45) is 6.26. The number of hydrogen-bond acceptors (Lipinski definition) is 4. The number of amides is 1. The molecule has 6 nitrogen and oxygen atoms in total. The predicted molar refractivity (Wildman–Crippen MR) is 115 cm³/mol. The lowest BCUT2D eigenvalue weighted by molar-refractivity contribution is 0.0612. The van der Waals surface area contributed by atoms with Crippen LogP contribution in [-0.2, 0) is 18.2 Å². The van der Waals surface area contributed by atoms with Crippen molar-refractivity contribution >= 4 is 34.4 Å². The second-order valence-electron chi connectivity index (χ2n) is 8.71. The van der Waals surface area contributed by atoms with E-state index in [1.807, 2.05) is 0 Å². The smallest absolute Gasteiger partial charge is 0.274 e. The zero-order chi connectivity index (χ0) is 21.6. The Hall–Kier alpha value is -1.61. The number of rotatable bonds is 5. The number of fused-ring (bicyclic) bond motifs is 1. The lowest BCUT2D eigenvalue weighted by Crippen LogP contribution is -2.34. The highest BCUT2D eigenvalue weighted by Crippen LogP contribution is 2.54. The van der Waals surface area contributed by atoms with Gasteiger partial charge in [-0.15, -0.1) is 0 Å². The van der Waals surface area contributed by atoms with E-state index in [0.717, 1.165) is 18.5 Å². The summed E-state index contributed by atoms with van der Waals surface area (Å²) < 4.78 is 26.7. The van der Waals surface area contributed by atoms with Crippen molar-refractivity contribution < 1.29 is 18.8 Å². The predicted octanol–water partition coefficient (Wildman–Crippen LogP) is 3.48. The van der Waals surface area contributed by atoms with E-state index in [2.05, 4.69) is 10.3 Å². The van der Waals surface area contributed by atoms with Gasteiger partial charge in [0.15, 0.2) is 0 Å². The minimum atomic E-state index is -1.03. The van der Waals surface area contributed by atoms with Crippen LogP contribution in [0.4, 0.5) is 10.1 Å². The Morgan fingerprint density at radius 1 is 1.43 bits per heavy atom. The zero-order valence-electron chi connectivity index (χ0n) is 16.9. The molecular formula is C21H25ClFN3O3S. The molecule has 2 N–H and O–H groups in total. The number of aryl methyl sites for hydroxylation is 1. The summed E-state index contributed by atoms with van der Waals surface area (Å²) >= 11 is 4.79. The number of imidazole rings is 1. The third-order valence-electron chi connectivity index (χ3n) is 6.34. The van der Waals surface area contributed by atoms with Crippen LogP contribution in [0.5, 0.6) is 0 Å². The summed E-state index contributed by atoms with van der Waals surface area (Å²) in [7, 11) is 1.77. The van der Waals surface area contributed by atoms with E-state index in [1.54, 1.807) is 24.2 Å². The van der Waals surface area contributed by atoms with Crippen LogP contribution in [0.2, 0.25) is 5.02 Å². The Kier molecular flexibility index (Phi) is 5.87. The maximum atomic E-state index is 13.4. The summed E-state index contributed by atoms with van der Waals surface area (Å²) in [5.41, 5.74) is 0.802. The SMILES string of the molecule is Cn1cnc(C2CC3CC(O)(C[S+](C)[O-])CC3C2)c1C(=O)Nc1ccc(F)c(Cl)c1. The van der Waals surface area contributed by atoms with Crippen LogP contribution in [0, 0.1) is 17.7 Å². The van der Waals surface area contributed by atoms with Gasteiger partial charge in [0.05, 0.1) is 23.3 Å². The van der Waals surface area contributed by atoms with Gasteiger partial charge in [-0.2, -0.15) is 0 Å². The monoisotopic (exact) mass is 453 g/mol. The molecule has 1 aromatic heterocycles. The Morgan fingerprint density at radius 3 is 2.70 bits per heavy atom. The number of halogens is 2. The quantitative estimate of drug-likeness (QED) is 0.678. The van der Waals surface area contributed by atoms with Gasteiger partial charge < -0.3 is 19.5 Å². The van der Waals surface area contributed by atoms with E-state index in [1.165, 1.54) is 18.2 Å².